The zero-order valence-corrected chi connectivity index (χ0v) is 21.3. The van der Waals surface area contributed by atoms with Gasteiger partial charge in [-0.2, -0.15) is 0 Å². The fourth-order valence-electron chi connectivity index (χ4n) is 5.36. The lowest BCUT2D eigenvalue weighted by atomic mass is 9.66. The maximum Gasteiger partial charge on any atom is 0.257 e. The second-order valence-electron chi connectivity index (χ2n) is 10.0. The molecule has 2 N–H and O–H groups in total. The average Bonchev–Trinajstić information content (AvgIpc) is 2.88. The summed E-state index contributed by atoms with van der Waals surface area (Å²) in [6, 6.07) is 17.3. The van der Waals surface area contributed by atoms with Crippen LogP contribution in [0.1, 0.15) is 49.7 Å². The molecule has 4 rings (SSSR count). The van der Waals surface area contributed by atoms with Crippen molar-refractivity contribution in [1.29, 1.82) is 0 Å². The van der Waals surface area contributed by atoms with Gasteiger partial charge in [0.2, 0.25) is 0 Å². The van der Waals surface area contributed by atoms with Crippen molar-refractivity contribution in [3.8, 4) is 0 Å². The molecular formula is C29H34ClN3O2. The van der Waals surface area contributed by atoms with Gasteiger partial charge >= 0.3 is 0 Å². The Balaban J connectivity index is 1.46. The molecule has 1 atom stereocenters. The van der Waals surface area contributed by atoms with E-state index in [0.717, 1.165) is 42.7 Å². The first-order valence-electron chi connectivity index (χ1n) is 12.4. The standard InChI is InChI=1S/C29H34ClN3O2/c1-33(2)28(35)24-18-26(21-7-4-3-5-8-21)32-25(27(24)34)12-11-20-13-15-29(19-31,16-14-20)22-9-6-10-23(30)17-22/h3-10,17-18,20,25H,11-16,19,31H2,1-2H3. The Hall–Kier alpha value is -2.76. The van der Waals surface area contributed by atoms with E-state index in [0.29, 0.717) is 24.6 Å². The fourth-order valence-corrected chi connectivity index (χ4v) is 5.55. The number of nitrogens with zero attached hydrogens (tertiary/aromatic N) is 2. The van der Waals surface area contributed by atoms with Crippen LogP contribution in [-0.4, -0.2) is 49.0 Å². The highest BCUT2D eigenvalue weighted by atomic mass is 35.5. The van der Waals surface area contributed by atoms with Gasteiger partial charge in [0, 0.05) is 31.1 Å². The number of rotatable bonds is 7. The molecular weight excluding hydrogens is 458 g/mol. The molecule has 0 saturated heterocycles. The summed E-state index contributed by atoms with van der Waals surface area (Å²) in [5.74, 6) is 0.0700. The summed E-state index contributed by atoms with van der Waals surface area (Å²) in [5.41, 5.74) is 9.30. The van der Waals surface area contributed by atoms with Crippen molar-refractivity contribution < 1.29 is 9.59 Å². The molecule has 6 heteroatoms. The molecule has 1 fully saturated rings. The van der Waals surface area contributed by atoms with Crippen LogP contribution in [0, 0.1) is 5.92 Å². The lowest BCUT2D eigenvalue weighted by Crippen LogP contribution is -2.39. The van der Waals surface area contributed by atoms with Gasteiger partial charge in [0.15, 0.2) is 5.78 Å². The molecule has 1 unspecified atom stereocenters. The number of carbonyl (C=O) groups excluding carboxylic acids is 2. The molecule has 35 heavy (non-hydrogen) atoms. The fraction of sp³-hybridized carbons (Fsp3) is 0.414. The number of dihydropyridines is 1. The van der Waals surface area contributed by atoms with E-state index >= 15 is 0 Å². The molecule has 1 aliphatic carbocycles. The number of hydrogen-bond acceptors (Lipinski definition) is 4. The van der Waals surface area contributed by atoms with E-state index in [4.69, 9.17) is 22.3 Å². The van der Waals surface area contributed by atoms with Crippen LogP contribution in [0.4, 0.5) is 0 Å². The van der Waals surface area contributed by atoms with Crippen LogP contribution in [0.2, 0.25) is 5.02 Å². The van der Waals surface area contributed by atoms with E-state index in [1.807, 2.05) is 48.5 Å². The van der Waals surface area contributed by atoms with Gasteiger partial charge in [0.25, 0.3) is 5.91 Å². The molecule has 5 nitrogen and oxygen atoms in total. The number of amides is 1. The first-order valence-corrected chi connectivity index (χ1v) is 12.8. The van der Waals surface area contributed by atoms with Crippen LogP contribution in [0.5, 0.6) is 0 Å². The molecule has 1 saturated carbocycles. The van der Waals surface area contributed by atoms with Gasteiger partial charge in [-0.25, -0.2) is 0 Å². The maximum absolute atomic E-state index is 13.2. The summed E-state index contributed by atoms with van der Waals surface area (Å²) >= 11 is 6.25. The van der Waals surface area contributed by atoms with Gasteiger partial charge in [-0.1, -0.05) is 54.1 Å². The third kappa shape index (κ3) is 5.57. The lowest BCUT2D eigenvalue weighted by molar-refractivity contribution is -0.128. The summed E-state index contributed by atoms with van der Waals surface area (Å²) in [4.78, 5) is 32.2. The lowest BCUT2D eigenvalue weighted by Gasteiger charge is -2.40. The van der Waals surface area contributed by atoms with Crippen LogP contribution in [0.15, 0.2) is 71.2 Å². The van der Waals surface area contributed by atoms with Gasteiger partial charge in [0.1, 0.15) is 6.04 Å². The van der Waals surface area contributed by atoms with Crippen molar-refractivity contribution in [3.05, 3.63) is 82.4 Å². The smallest absolute Gasteiger partial charge is 0.257 e. The summed E-state index contributed by atoms with van der Waals surface area (Å²) in [6.45, 7) is 0.604. The van der Waals surface area contributed by atoms with E-state index in [9.17, 15) is 9.59 Å². The SMILES string of the molecule is CN(C)C(=O)C1=CC(c2ccccc2)=NC(CCC2CCC(CN)(c3cccc(Cl)c3)CC2)C1=O. The summed E-state index contributed by atoms with van der Waals surface area (Å²) in [6.07, 6.45) is 7.33. The van der Waals surface area contributed by atoms with Crippen molar-refractivity contribution >= 4 is 29.0 Å². The normalized spacial score (nSPS) is 24.5. The molecule has 0 spiro atoms. The summed E-state index contributed by atoms with van der Waals surface area (Å²) in [5, 5.41) is 0.747. The summed E-state index contributed by atoms with van der Waals surface area (Å²) in [7, 11) is 3.34. The van der Waals surface area contributed by atoms with Crippen LogP contribution < -0.4 is 5.73 Å². The molecule has 1 amide bonds. The summed E-state index contributed by atoms with van der Waals surface area (Å²) < 4.78 is 0. The molecule has 0 radical (unpaired) electrons. The van der Waals surface area contributed by atoms with Gasteiger partial charge in [-0.15, -0.1) is 0 Å². The van der Waals surface area contributed by atoms with E-state index in [1.165, 1.54) is 10.5 Å². The number of nitrogens with two attached hydrogens (primary N) is 1. The van der Waals surface area contributed by atoms with Crippen molar-refractivity contribution in [2.75, 3.05) is 20.6 Å². The number of aliphatic imine (C=N–C) groups is 1. The molecule has 2 aliphatic rings. The number of likely N-dealkylation sites (N-methyl/N-ethyl adjacent to an activating group) is 1. The monoisotopic (exact) mass is 491 g/mol. The number of halogens is 1. The quantitative estimate of drug-likeness (QED) is 0.556. The van der Waals surface area contributed by atoms with Crippen molar-refractivity contribution in [1.82, 2.24) is 4.90 Å². The van der Waals surface area contributed by atoms with Crippen LogP contribution in [0.25, 0.3) is 0 Å². The number of hydrogen-bond donors (Lipinski definition) is 1. The average molecular weight is 492 g/mol. The minimum absolute atomic E-state index is 0.0330. The number of carbonyl (C=O) groups is 2. The Morgan fingerprint density at radius 1 is 1.09 bits per heavy atom. The first-order chi connectivity index (χ1) is 16.8. The predicted molar refractivity (Wildman–Crippen MR) is 142 cm³/mol. The van der Waals surface area contributed by atoms with Gasteiger partial charge in [-0.05, 0) is 73.8 Å². The Labute approximate surface area is 213 Å². The number of benzene rings is 2. The Kier molecular flexibility index (Phi) is 7.88. The zero-order chi connectivity index (χ0) is 25.0. The molecule has 2 aromatic rings. The second-order valence-corrected chi connectivity index (χ2v) is 10.5. The molecule has 0 bridgehead atoms. The molecule has 2 aromatic carbocycles. The van der Waals surface area contributed by atoms with Crippen LogP contribution in [-0.2, 0) is 15.0 Å². The van der Waals surface area contributed by atoms with Crippen molar-refractivity contribution in [3.63, 3.8) is 0 Å². The Morgan fingerprint density at radius 3 is 2.43 bits per heavy atom. The highest BCUT2D eigenvalue weighted by molar-refractivity contribution is 6.30. The van der Waals surface area contributed by atoms with Crippen LogP contribution in [0.3, 0.4) is 0 Å². The second kappa shape index (κ2) is 10.9. The highest BCUT2D eigenvalue weighted by Gasteiger charge is 2.37. The molecule has 184 valence electrons. The molecule has 1 aliphatic heterocycles. The Morgan fingerprint density at radius 2 is 1.80 bits per heavy atom. The Bertz CT molecular complexity index is 1130. The van der Waals surface area contributed by atoms with E-state index in [1.54, 1.807) is 20.2 Å². The predicted octanol–water partition coefficient (Wildman–Crippen LogP) is 4.96. The van der Waals surface area contributed by atoms with E-state index in [-0.39, 0.29) is 22.7 Å². The third-order valence-corrected chi connectivity index (χ3v) is 7.82. The third-order valence-electron chi connectivity index (χ3n) is 7.59. The van der Waals surface area contributed by atoms with Crippen molar-refractivity contribution in [2.45, 2.75) is 50.0 Å². The molecule has 1 heterocycles. The van der Waals surface area contributed by atoms with Gasteiger partial charge in [0.05, 0.1) is 11.3 Å². The number of Topliss-reactive ketones (excluding diaryl/α,β-unsaturated/α-hetero) is 1. The topological polar surface area (TPSA) is 75.8 Å². The van der Waals surface area contributed by atoms with Gasteiger partial charge in [-0.3, -0.25) is 14.6 Å². The van der Waals surface area contributed by atoms with Crippen molar-refractivity contribution in [2.24, 2.45) is 16.6 Å². The largest absolute Gasteiger partial charge is 0.345 e. The van der Waals surface area contributed by atoms with E-state index < -0.39 is 6.04 Å². The highest BCUT2D eigenvalue weighted by Crippen LogP contribution is 2.43. The maximum atomic E-state index is 13.2. The first kappa shape index (κ1) is 25.3. The zero-order valence-electron chi connectivity index (χ0n) is 20.5. The van der Waals surface area contributed by atoms with E-state index in [2.05, 4.69) is 6.07 Å². The minimum atomic E-state index is -0.525. The van der Waals surface area contributed by atoms with Gasteiger partial charge < -0.3 is 10.6 Å². The number of allylic oxidation sites excluding steroid dienone is 1. The minimum Gasteiger partial charge on any atom is -0.345 e. The number of ketones is 1. The van der Waals surface area contributed by atoms with Crippen LogP contribution >= 0.6 is 11.6 Å². The molecule has 0 aromatic heterocycles.